The van der Waals surface area contributed by atoms with Crippen molar-refractivity contribution in [2.45, 2.75) is 24.9 Å². The number of anilines is 1. The lowest BCUT2D eigenvalue weighted by Gasteiger charge is -2.20. The molecule has 0 spiro atoms. The second-order valence-corrected chi connectivity index (χ2v) is 7.89. The molecule has 0 fully saturated rings. The van der Waals surface area contributed by atoms with Crippen LogP contribution in [0.15, 0.2) is 47.4 Å². The van der Waals surface area contributed by atoms with Crippen molar-refractivity contribution in [2.75, 3.05) is 25.5 Å². The predicted molar refractivity (Wildman–Crippen MR) is 102 cm³/mol. The monoisotopic (exact) mass is 430 g/mol. The summed E-state index contributed by atoms with van der Waals surface area (Å²) in [6.45, 7) is 3.81. The second kappa shape index (κ2) is 8.83. The molecule has 0 radical (unpaired) electrons. The normalized spacial score (nSPS) is 12.1. The van der Waals surface area contributed by atoms with Crippen molar-refractivity contribution in [2.24, 2.45) is 0 Å². The summed E-state index contributed by atoms with van der Waals surface area (Å²) in [5.41, 5.74) is -1.00. The Bertz CT molecular complexity index is 987. The summed E-state index contributed by atoms with van der Waals surface area (Å²) >= 11 is 0. The van der Waals surface area contributed by atoms with Crippen LogP contribution in [0, 0.1) is 0 Å². The van der Waals surface area contributed by atoms with Crippen molar-refractivity contribution in [1.29, 1.82) is 0 Å². The Kier molecular flexibility index (Phi) is 6.91. The number of carbonyl (C=O) groups is 1. The fourth-order valence-corrected chi connectivity index (χ4v) is 4.34. The summed E-state index contributed by atoms with van der Waals surface area (Å²) in [5, 5.41) is 2.36. The van der Waals surface area contributed by atoms with Crippen LogP contribution >= 0.6 is 0 Å². The number of nitrogens with one attached hydrogen (secondary N) is 1. The van der Waals surface area contributed by atoms with Gasteiger partial charge >= 0.3 is 6.18 Å². The molecular weight excluding hydrogens is 409 g/mol. The first-order valence-electron chi connectivity index (χ1n) is 8.71. The molecule has 158 valence electrons. The van der Waals surface area contributed by atoms with E-state index in [1.807, 2.05) is 0 Å². The zero-order valence-electron chi connectivity index (χ0n) is 16.1. The van der Waals surface area contributed by atoms with Gasteiger partial charge in [-0.15, -0.1) is 0 Å². The molecule has 0 atom stereocenters. The van der Waals surface area contributed by atoms with Gasteiger partial charge in [0.15, 0.2) is 0 Å². The van der Waals surface area contributed by atoms with Gasteiger partial charge in [0.05, 0.1) is 12.7 Å². The number of alkyl halides is 3. The maximum absolute atomic E-state index is 12.9. The number of hydrogen-bond acceptors (Lipinski definition) is 4. The number of benzene rings is 2. The van der Waals surface area contributed by atoms with Gasteiger partial charge in [0.25, 0.3) is 5.91 Å². The zero-order valence-corrected chi connectivity index (χ0v) is 16.9. The van der Waals surface area contributed by atoms with Crippen LogP contribution in [-0.2, 0) is 16.2 Å². The zero-order chi connectivity index (χ0) is 21.8. The lowest BCUT2D eigenvalue weighted by atomic mass is 10.1. The van der Waals surface area contributed by atoms with Crippen LogP contribution in [0.2, 0.25) is 0 Å². The van der Waals surface area contributed by atoms with Gasteiger partial charge in [0, 0.05) is 24.3 Å². The summed E-state index contributed by atoms with van der Waals surface area (Å²) < 4.78 is 70.5. The highest BCUT2D eigenvalue weighted by Gasteiger charge is 2.31. The summed E-state index contributed by atoms with van der Waals surface area (Å²) in [7, 11) is -2.61. The molecule has 29 heavy (non-hydrogen) atoms. The molecule has 1 N–H and O–H groups in total. The van der Waals surface area contributed by atoms with Gasteiger partial charge in [-0.05, 0) is 36.4 Å². The SMILES string of the molecule is CCN(CC)S(=O)(=O)c1cc(C(=O)Nc2cccc(C(F)(F)F)c2)ccc1OC. The summed E-state index contributed by atoms with van der Waals surface area (Å²) in [6.07, 6.45) is -4.55. The molecule has 0 bridgehead atoms. The lowest BCUT2D eigenvalue weighted by molar-refractivity contribution is -0.137. The molecule has 2 aromatic rings. The molecule has 10 heteroatoms. The number of amides is 1. The smallest absolute Gasteiger partial charge is 0.416 e. The van der Waals surface area contributed by atoms with Crippen LogP contribution in [0.5, 0.6) is 5.75 Å². The minimum Gasteiger partial charge on any atom is -0.495 e. The third-order valence-corrected chi connectivity index (χ3v) is 6.27. The molecule has 0 saturated heterocycles. The van der Waals surface area contributed by atoms with E-state index < -0.39 is 27.7 Å². The van der Waals surface area contributed by atoms with Crippen LogP contribution in [-0.4, -0.2) is 38.8 Å². The number of nitrogens with zero attached hydrogens (tertiary/aromatic N) is 1. The molecule has 2 aromatic carbocycles. The van der Waals surface area contributed by atoms with E-state index in [1.54, 1.807) is 13.8 Å². The molecule has 0 aliphatic carbocycles. The topological polar surface area (TPSA) is 75.7 Å². The summed E-state index contributed by atoms with van der Waals surface area (Å²) in [6, 6.07) is 7.98. The highest BCUT2D eigenvalue weighted by Crippen LogP contribution is 2.31. The minimum absolute atomic E-state index is 0.0334. The largest absolute Gasteiger partial charge is 0.495 e. The Morgan fingerprint density at radius 1 is 1.10 bits per heavy atom. The van der Waals surface area contributed by atoms with Crippen LogP contribution in [0.1, 0.15) is 29.8 Å². The predicted octanol–water partition coefficient (Wildman–Crippen LogP) is 4.00. The molecule has 0 heterocycles. The maximum atomic E-state index is 12.9. The minimum atomic E-state index is -4.55. The summed E-state index contributed by atoms with van der Waals surface area (Å²) in [5.74, 6) is -0.685. The molecule has 2 rings (SSSR count). The van der Waals surface area contributed by atoms with Gasteiger partial charge in [-0.2, -0.15) is 17.5 Å². The maximum Gasteiger partial charge on any atom is 0.416 e. The number of hydrogen-bond donors (Lipinski definition) is 1. The van der Waals surface area contributed by atoms with Gasteiger partial charge in [-0.25, -0.2) is 8.42 Å². The third kappa shape index (κ3) is 5.07. The number of rotatable bonds is 7. The number of halogens is 3. The first kappa shape index (κ1) is 22.7. The Labute approximate surface area is 167 Å². The van der Waals surface area contributed by atoms with E-state index in [-0.39, 0.29) is 35.0 Å². The van der Waals surface area contributed by atoms with E-state index in [2.05, 4.69) is 5.32 Å². The van der Waals surface area contributed by atoms with Crippen molar-refractivity contribution in [3.05, 3.63) is 53.6 Å². The standard InChI is InChI=1S/C19H21F3N2O4S/c1-4-24(5-2)29(26,27)17-11-13(9-10-16(17)28-3)18(25)23-15-8-6-7-14(12-15)19(20,21)22/h6-12H,4-5H2,1-3H3,(H,23,25). The van der Waals surface area contributed by atoms with Gasteiger partial charge in [-0.3, -0.25) is 4.79 Å². The van der Waals surface area contributed by atoms with Gasteiger partial charge < -0.3 is 10.1 Å². The molecule has 0 aliphatic heterocycles. The molecule has 0 aliphatic rings. The Morgan fingerprint density at radius 3 is 2.31 bits per heavy atom. The first-order chi connectivity index (χ1) is 13.5. The van der Waals surface area contributed by atoms with Crippen molar-refractivity contribution in [1.82, 2.24) is 4.31 Å². The van der Waals surface area contributed by atoms with Crippen LogP contribution in [0.4, 0.5) is 18.9 Å². The van der Waals surface area contributed by atoms with Crippen molar-refractivity contribution >= 4 is 21.6 Å². The Hall–Kier alpha value is -2.59. The van der Waals surface area contributed by atoms with Crippen molar-refractivity contribution in [3.8, 4) is 5.75 Å². The highest BCUT2D eigenvalue weighted by molar-refractivity contribution is 7.89. The molecule has 6 nitrogen and oxygen atoms in total. The second-order valence-electron chi connectivity index (χ2n) is 5.99. The van der Waals surface area contributed by atoms with Crippen molar-refractivity contribution in [3.63, 3.8) is 0 Å². The van der Waals surface area contributed by atoms with E-state index in [1.165, 1.54) is 35.7 Å². The number of sulfonamides is 1. The molecule has 0 saturated carbocycles. The van der Waals surface area contributed by atoms with Gasteiger partial charge in [-0.1, -0.05) is 19.9 Å². The van der Waals surface area contributed by atoms with E-state index in [0.29, 0.717) is 0 Å². The molecular formula is C19H21F3N2O4S. The number of ether oxygens (including phenoxy) is 1. The average molecular weight is 430 g/mol. The van der Waals surface area contributed by atoms with Gasteiger partial charge in [0.1, 0.15) is 10.6 Å². The van der Waals surface area contributed by atoms with E-state index in [0.717, 1.165) is 18.2 Å². The highest BCUT2D eigenvalue weighted by atomic mass is 32.2. The number of carbonyl (C=O) groups excluding carboxylic acids is 1. The van der Waals surface area contributed by atoms with E-state index in [4.69, 9.17) is 4.74 Å². The quantitative estimate of drug-likeness (QED) is 0.721. The average Bonchev–Trinajstić information content (AvgIpc) is 2.67. The third-order valence-electron chi connectivity index (χ3n) is 4.20. The first-order valence-corrected chi connectivity index (χ1v) is 10.1. The molecule has 1 amide bonds. The van der Waals surface area contributed by atoms with Crippen molar-refractivity contribution < 1.29 is 31.1 Å². The van der Waals surface area contributed by atoms with Crippen LogP contribution in [0.3, 0.4) is 0 Å². The van der Waals surface area contributed by atoms with Gasteiger partial charge in [0.2, 0.25) is 10.0 Å². The Balaban J connectivity index is 2.40. The fraction of sp³-hybridized carbons (Fsp3) is 0.316. The molecule has 0 unspecified atom stereocenters. The fourth-order valence-electron chi connectivity index (χ4n) is 2.70. The molecule has 0 aromatic heterocycles. The van der Waals surface area contributed by atoms with E-state index in [9.17, 15) is 26.4 Å². The van der Waals surface area contributed by atoms with E-state index >= 15 is 0 Å². The summed E-state index contributed by atoms with van der Waals surface area (Å²) in [4.78, 5) is 12.3. The lowest BCUT2D eigenvalue weighted by Crippen LogP contribution is -2.31. The van der Waals surface area contributed by atoms with Crippen LogP contribution in [0.25, 0.3) is 0 Å². The Morgan fingerprint density at radius 2 is 1.76 bits per heavy atom. The van der Waals surface area contributed by atoms with Crippen LogP contribution < -0.4 is 10.1 Å². The number of methoxy groups -OCH3 is 1.